The maximum Gasteiger partial charge on any atom is 0.126 e. The lowest BCUT2D eigenvalue weighted by atomic mass is 10.1. The maximum atomic E-state index is 13.0. The van der Waals surface area contributed by atoms with Gasteiger partial charge in [-0.3, -0.25) is 0 Å². The highest BCUT2D eigenvalue weighted by molar-refractivity contribution is 6.30. The van der Waals surface area contributed by atoms with Crippen LogP contribution in [0.15, 0.2) is 18.2 Å². The van der Waals surface area contributed by atoms with Crippen LogP contribution >= 0.6 is 11.6 Å². The summed E-state index contributed by atoms with van der Waals surface area (Å²) < 4.78 is 13.0. The monoisotopic (exact) mass is 187 g/mol. The molecule has 0 radical (unpaired) electrons. The number of hydrogen-bond acceptors (Lipinski definition) is 1. The van der Waals surface area contributed by atoms with Crippen LogP contribution in [0.5, 0.6) is 0 Å². The van der Waals surface area contributed by atoms with E-state index in [1.165, 1.54) is 6.07 Å². The number of likely N-dealkylation sites (N-methyl/N-ethyl adjacent to an activating group) is 1. The molecule has 0 aliphatic rings. The molecule has 66 valence electrons. The van der Waals surface area contributed by atoms with Gasteiger partial charge in [-0.2, -0.15) is 0 Å². The lowest BCUT2D eigenvalue weighted by Gasteiger charge is -2.02. The highest BCUT2D eigenvalue weighted by atomic mass is 35.5. The van der Waals surface area contributed by atoms with E-state index in [1.54, 1.807) is 12.1 Å². The van der Waals surface area contributed by atoms with E-state index < -0.39 is 0 Å². The Labute approximate surface area is 76.5 Å². The normalized spacial score (nSPS) is 10.2. The highest BCUT2D eigenvalue weighted by Gasteiger charge is 2.01. The minimum absolute atomic E-state index is 0.186. The molecular weight excluding hydrogens is 177 g/mol. The molecule has 0 amide bonds. The average Bonchev–Trinajstić information content (AvgIpc) is 2.07. The second kappa shape index (κ2) is 4.43. The SMILES string of the molecule is CNCCc1cc(Cl)ccc1F. The smallest absolute Gasteiger partial charge is 0.126 e. The molecular formula is C9H11ClFN. The first kappa shape index (κ1) is 9.49. The standard InChI is InChI=1S/C9H11ClFN/c1-12-5-4-7-6-8(10)2-3-9(7)11/h2-3,6,12H,4-5H2,1H3. The molecule has 0 aliphatic carbocycles. The van der Waals surface area contributed by atoms with Crippen LogP contribution in [0.25, 0.3) is 0 Å². The molecule has 0 aliphatic heterocycles. The zero-order valence-electron chi connectivity index (χ0n) is 6.90. The molecule has 0 spiro atoms. The number of hydrogen-bond donors (Lipinski definition) is 1. The fraction of sp³-hybridized carbons (Fsp3) is 0.333. The fourth-order valence-corrected chi connectivity index (χ4v) is 1.19. The second-order valence-corrected chi connectivity index (χ2v) is 3.03. The Kier molecular flexibility index (Phi) is 3.50. The van der Waals surface area contributed by atoms with E-state index in [4.69, 9.17) is 11.6 Å². The maximum absolute atomic E-state index is 13.0. The van der Waals surface area contributed by atoms with E-state index in [1.807, 2.05) is 7.05 Å². The Morgan fingerprint density at radius 3 is 2.92 bits per heavy atom. The van der Waals surface area contributed by atoms with Crippen molar-refractivity contribution in [3.05, 3.63) is 34.6 Å². The van der Waals surface area contributed by atoms with Crippen molar-refractivity contribution in [1.29, 1.82) is 0 Å². The molecule has 0 saturated carbocycles. The summed E-state index contributed by atoms with van der Waals surface area (Å²) in [5.41, 5.74) is 0.664. The van der Waals surface area contributed by atoms with Gasteiger partial charge in [-0.05, 0) is 43.8 Å². The fourth-order valence-electron chi connectivity index (χ4n) is 0.995. The third-order valence-electron chi connectivity index (χ3n) is 1.65. The zero-order valence-corrected chi connectivity index (χ0v) is 7.66. The molecule has 12 heavy (non-hydrogen) atoms. The number of rotatable bonds is 3. The van der Waals surface area contributed by atoms with Crippen LogP contribution in [0, 0.1) is 5.82 Å². The van der Waals surface area contributed by atoms with Crippen molar-refractivity contribution >= 4 is 11.6 Å². The van der Waals surface area contributed by atoms with Crippen LogP contribution in [-0.4, -0.2) is 13.6 Å². The number of nitrogens with one attached hydrogen (secondary N) is 1. The van der Waals surface area contributed by atoms with Gasteiger partial charge in [0.05, 0.1) is 0 Å². The van der Waals surface area contributed by atoms with Gasteiger partial charge in [-0.15, -0.1) is 0 Å². The van der Waals surface area contributed by atoms with E-state index in [0.717, 1.165) is 6.54 Å². The van der Waals surface area contributed by atoms with Crippen LogP contribution in [0.3, 0.4) is 0 Å². The summed E-state index contributed by atoms with van der Waals surface area (Å²) in [5.74, 6) is -0.186. The van der Waals surface area contributed by atoms with Gasteiger partial charge in [0.1, 0.15) is 5.82 Å². The summed E-state index contributed by atoms with van der Waals surface area (Å²) in [7, 11) is 1.84. The summed E-state index contributed by atoms with van der Waals surface area (Å²) >= 11 is 5.71. The van der Waals surface area contributed by atoms with Crippen LogP contribution in [-0.2, 0) is 6.42 Å². The summed E-state index contributed by atoms with van der Waals surface area (Å²) in [4.78, 5) is 0. The predicted octanol–water partition coefficient (Wildman–Crippen LogP) is 2.24. The molecule has 0 aromatic heterocycles. The largest absolute Gasteiger partial charge is 0.319 e. The van der Waals surface area contributed by atoms with Crippen molar-refractivity contribution in [2.45, 2.75) is 6.42 Å². The highest BCUT2D eigenvalue weighted by Crippen LogP contribution is 2.14. The third kappa shape index (κ3) is 2.47. The third-order valence-corrected chi connectivity index (χ3v) is 1.89. The van der Waals surface area contributed by atoms with Gasteiger partial charge in [-0.1, -0.05) is 11.6 Å². The van der Waals surface area contributed by atoms with E-state index >= 15 is 0 Å². The quantitative estimate of drug-likeness (QED) is 0.766. The van der Waals surface area contributed by atoms with Gasteiger partial charge in [0.15, 0.2) is 0 Å². The average molecular weight is 188 g/mol. The Balaban J connectivity index is 2.75. The first-order chi connectivity index (χ1) is 5.74. The Hall–Kier alpha value is -0.600. The molecule has 0 unspecified atom stereocenters. The molecule has 0 heterocycles. The van der Waals surface area contributed by atoms with Crippen molar-refractivity contribution in [1.82, 2.24) is 5.32 Å². The van der Waals surface area contributed by atoms with Crippen molar-refractivity contribution in [3.63, 3.8) is 0 Å². The molecule has 3 heteroatoms. The van der Waals surface area contributed by atoms with Crippen LogP contribution in [0.4, 0.5) is 4.39 Å². The van der Waals surface area contributed by atoms with Crippen molar-refractivity contribution in [3.8, 4) is 0 Å². The topological polar surface area (TPSA) is 12.0 Å². The van der Waals surface area contributed by atoms with E-state index in [-0.39, 0.29) is 5.82 Å². The molecule has 0 bridgehead atoms. The molecule has 0 fully saturated rings. The van der Waals surface area contributed by atoms with Crippen LogP contribution in [0.2, 0.25) is 5.02 Å². The Morgan fingerprint density at radius 2 is 2.25 bits per heavy atom. The molecule has 1 aromatic carbocycles. The van der Waals surface area contributed by atoms with E-state index in [0.29, 0.717) is 17.0 Å². The molecule has 1 N–H and O–H groups in total. The van der Waals surface area contributed by atoms with E-state index in [9.17, 15) is 4.39 Å². The molecule has 0 atom stereocenters. The number of halogens is 2. The van der Waals surface area contributed by atoms with Gasteiger partial charge in [0.25, 0.3) is 0 Å². The van der Waals surface area contributed by atoms with Gasteiger partial charge in [0.2, 0.25) is 0 Å². The van der Waals surface area contributed by atoms with E-state index in [2.05, 4.69) is 5.32 Å². The molecule has 1 aromatic rings. The molecule has 1 rings (SSSR count). The number of benzene rings is 1. The lowest BCUT2D eigenvalue weighted by Crippen LogP contribution is -2.11. The van der Waals surface area contributed by atoms with Crippen molar-refractivity contribution in [2.75, 3.05) is 13.6 Å². The van der Waals surface area contributed by atoms with Crippen LogP contribution < -0.4 is 5.32 Å². The minimum Gasteiger partial charge on any atom is -0.319 e. The first-order valence-corrected chi connectivity index (χ1v) is 4.20. The predicted molar refractivity (Wildman–Crippen MR) is 49.0 cm³/mol. The van der Waals surface area contributed by atoms with Crippen molar-refractivity contribution < 1.29 is 4.39 Å². The van der Waals surface area contributed by atoms with Gasteiger partial charge in [0, 0.05) is 5.02 Å². The van der Waals surface area contributed by atoms with Crippen molar-refractivity contribution in [2.24, 2.45) is 0 Å². The zero-order chi connectivity index (χ0) is 8.97. The lowest BCUT2D eigenvalue weighted by molar-refractivity contribution is 0.605. The Morgan fingerprint density at radius 1 is 1.50 bits per heavy atom. The second-order valence-electron chi connectivity index (χ2n) is 2.59. The summed E-state index contributed by atoms with van der Waals surface area (Å²) in [6.45, 7) is 0.761. The molecule has 0 saturated heterocycles. The molecule has 1 nitrogen and oxygen atoms in total. The van der Waals surface area contributed by atoms with Gasteiger partial charge in [-0.25, -0.2) is 4.39 Å². The van der Waals surface area contributed by atoms with Gasteiger partial charge < -0.3 is 5.32 Å². The Bertz CT molecular complexity index is 263. The summed E-state index contributed by atoms with van der Waals surface area (Å²) in [5, 5.41) is 3.54. The minimum atomic E-state index is -0.186. The van der Waals surface area contributed by atoms with Gasteiger partial charge >= 0.3 is 0 Å². The first-order valence-electron chi connectivity index (χ1n) is 3.82. The summed E-state index contributed by atoms with van der Waals surface area (Å²) in [6.07, 6.45) is 0.670. The van der Waals surface area contributed by atoms with Crippen LogP contribution in [0.1, 0.15) is 5.56 Å². The summed E-state index contributed by atoms with van der Waals surface area (Å²) in [6, 6.07) is 4.61.